The largest absolute Gasteiger partial charge is 0.326 e. The zero-order valence-electron chi connectivity index (χ0n) is 9.88. The van der Waals surface area contributed by atoms with Crippen LogP contribution < -0.4 is 5.73 Å². The molecule has 0 aromatic rings. The van der Waals surface area contributed by atoms with Crippen LogP contribution in [0.4, 0.5) is 0 Å². The Morgan fingerprint density at radius 3 is 2.00 bits per heavy atom. The molecule has 2 atom stereocenters. The van der Waals surface area contributed by atoms with Crippen molar-refractivity contribution in [3.63, 3.8) is 0 Å². The standard InChI is InChI=1S/C11H26N2/c1-6-8-13(9(3)4)10(5)11(12)7-2/h9-11H,6-8,12H2,1-5H3. The van der Waals surface area contributed by atoms with Crippen molar-refractivity contribution in [3.05, 3.63) is 0 Å². The minimum Gasteiger partial charge on any atom is -0.326 e. The summed E-state index contributed by atoms with van der Waals surface area (Å²) in [6.07, 6.45) is 2.27. The van der Waals surface area contributed by atoms with Crippen molar-refractivity contribution in [3.8, 4) is 0 Å². The van der Waals surface area contributed by atoms with Crippen LogP contribution in [-0.2, 0) is 0 Å². The molecule has 2 heteroatoms. The maximum atomic E-state index is 6.04. The first kappa shape index (κ1) is 12.9. The van der Waals surface area contributed by atoms with Gasteiger partial charge in [-0.15, -0.1) is 0 Å². The predicted molar refractivity (Wildman–Crippen MR) is 59.9 cm³/mol. The average molecular weight is 186 g/mol. The maximum absolute atomic E-state index is 6.04. The molecule has 0 heterocycles. The van der Waals surface area contributed by atoms with E-state index in [-0.39, 0.29) is 0 Å². The van der Waals surface area contributed by atoms with Gasteiger partial charge in [-0.25, -0.2) is 0 Å². The molecule has 0 aliphatic heterocycles. The zero-order valence-corrected chi connectivity index (χ0v) is 9.88. The van der Waals surface area contributed by atoms with Crippen LogP contribution in [0.3, 0.4) is 0 Å². The average Bonchev–Trinajstić information content (AvgIpc) is 2.11. The molecule has 2 N–H and O–H groups in total. The van der Waals surface area contributed by atoms with Gasteiger partial charge in [0.05, 0.1) is 0 Å². The Hall–Kier alpha value is -0.0800. The second kappa shape index (κ2) is 6.39. The summed E-state index contributed by atoms with van der Waals surface area (Å²) in [5.41, 5.74) is 6.04. The Kier molecular flexibility index (Phi) is 6.35. The van der Waals surface area contributed by atoms with E-state index in [1.165, 1.54) is 6.42 Å². The molecule has 0 fully saturated rings. The highest BCUT2D eigenvalue weighted by Gasteiger charge is 2.20. The van der Waals surface area contributed by atoms with Gasteiger partial charge in [0.1, 0.15) is 0 Å². The normalized spacial score (nSPS) is 16.6. The number of nitrogens with two attached hydrogens (primary N) is 1. The Balaban J connectivity index is 4.18. The molecule has 0 aromatic carbocycles. The molecular formula is C11H26N2. The summed E-state index contributed by atoms with van der Waals surface area (Å²) in [4.78, 5) is 2.49. The van der Waals surface area contributed by atoms with E-state index in [9.17, 15) is 0 Å². The number of hydrogen-bond donors (Lipinski definition) is 1. The van der Waals surface area contributed by atoms with Crippen LogP contribution in [0.1, 0.15) is 47.5 Å². The smallest absolute Gasteiger partial charge is 0.0221 e. The minimum atomic E-state index is 0.314. The lowest BCUT2D eigenvalue weighted by molar-refractivity contribution is 0.142. The van der Waals surface area contributed by atoms with E-state index < -0.39 is 0 Å². The molecule has 13 heavy (non-hydrogen) atoms. The van der Waals surface area contributed by atoms with Gasteiger partial charge in [-0.1, -0.05) is 13.8 Å². The fraction of sp³-hybridized carbons (Fsp3) is 1.00. The first-order valence-electron chi connectivity index (χ1n) is 5.55. The van der Waals surface area contributed by atoms with E-state index in [1.807, 2.05) is 0 Å². The number of nitrogens with zero attached hydrogens (tertiary/aromatic N) is 1. The monoisotopic (exact) mass is 186 g/mol. The quantitative estimate of drug-likeness (QED) is 0.689. The molecule has 2 unspecified atom stereocenters. The second-order valence-electron chi connectivity index (χ2n) is 4.14. The Bertz CT molecular complexity index is 123. The van der Waals surface area contributed by atoms with Gasteiger partial charge in [0, 0.05) is 18.1 Å². The minimum absolute atomic E-state index is 0.314. The van der Waals surface area contributed by atoms with Gasteiger partial charge in [-0.3, -0.25) is 4.90 Å². The topological polar surface area (TPSA) is 29.3 Å². The highest BCUT2D eigenvalue weighted by Crippen LogP contribution is 2.10. The first-order chi connectivity index (χ1) is 6.04. The fourth-order valence-corrected chi connectivity index (χ4v) is 1.78. The maximum Gasteiger partial charge on any atom is 0.0221 e. The summed E-state index contributed by atoms with van der Waals surface area (Å²) >= 11 is 0. The number of rotatable bonds is 6. The van der Waals surface area contributed by atoms with Crippen molar-refractivity contribution in [2.24, 2.45) is 5.73 Å². The highest BCUT2D eigenvalue weighted by molar-refractivity contribution is 4.79. The van der Waals surface area contributed by atoms with Crippen LogP contribution >= 0.6 is 0 Å². The molecule has 0 aromatic heterocycles. The van der Waals surface area contributed by atoms with Crippen molar-refractivity contribution in [2.75, 3.05) is 6.54 Å². The SMILES string of the molecule is CCCN(C(C)C)C(C)C(N)CC. The van der Waals surface area contributed by atoms with Crippen LogP contribution in [0.2, 0.25) is 0 Å². The molecule has 0 aliphatic rings. The predicted octanol–water partition coefficient (Wildman–Crippen LogP) is 2.23. The van der Waals surface area contributed by atoms with Crippen molar-refractivity contribution < 1.29 is 0 Å². The van der Waals surface area contributed by atoms with Gasteiger partial charge in [0.2, 0.25) is 0 Å². The van der Waals surface area contributed by atoms with Crippen molar-refractivity contribution in [2.45, 2.75) is 65.6 Å². The molecule has 0 amide bonds. The van der Waals surface area contributed by atoms with Gasteiger partial charge in [0.25, 0.3) is 0 Å². The van der Waals surface area contributed by atoms with E-state index in [0.29, 0.717) is 18.1 Å². The van der Waals surface area contributed by atoms with Gasteiger partial charge in [-0.2, -0.15) is 0 Å². The molecule has 2 nitrogen and oxygen atoms in total. The molecule has 0 rings (SSSR count). The summed E-state index contributed by atoms with van der Waals surface area (Å²) in [5.74, 6) is 0. The Labute approximate surface area is 83.5 Å². The van der Waals surface area contributed by atoms with Crippen LogP contribution in [0.5, 0.6) is 0 Å². The van der Waals surface area contributed by atoms with E-state index in [2.05, 4.69) is 39.5 Å². The molecular weight excluding hydrogens is 160 g/mol. The molecule has 0 bridgehead atoms. The summed E-state index contributed by atoms with van der Waals surface area (Å²) < 4.78 is 0. The Morgan fingerprint density at radius 1 is 1.15 bits per heavy atom. The van der Waals surface area contributed by atoms with E-state index in [4.69, 9.17) is 5.73 Å². The summed E-state index contributed by atoms with van der Waals surface area (Å²) in [6, 6.07) is 1.42. The molecule has 0 radical (unpaired) electrons. The van der Waals surface area contributed by atoms with E-state index in [0.717, 1.165) is 13.0 Å². The van der Waals surface area contributed by atoms with Crippen molar-refractivity contribution >= 4 is 0 Å². The fourth-order valence-electron chi connectivity index (χ4n) is 1.78. The summed E-state index contributed by atoms with van der Waals surface area (Å²) in [6.45, 7) is 12.3. The van der Waals surface area contributed by atoms with Crippen LogP contribution in [0.25, 0.3) is 0 Å². The van der Waals surface area contributed by atoms with Crippen LogP contribution in [-0.4, -0.2) is 29.6 Å². The van der Waals surface area contributed by atoms with Crippen LogP contribution in [0.15, 0.2) is 0 Å². The lowest BCUT2D eigenvalue weighted by Gasteiger charge is -2.35. The molecule has 80 valence electrons. The molecule has 0 aliphatic carbocycles. The van der Waals surface area contributed by atoms with Crippen LogP contribution in [0, 0.1) is 0 Å². The van der Waals surface area contributed by atoms with E-state index >= 15 is 0 Å². The Morgan fingerprint density at radius 2 is 1.69 bits per heavy atom. The lowest BCUT2D eigenvalue weighted by Crippen LogP contribution is -2.48. The van der Waals surface area contributed by atoms with Gasteiger partial charge < -0.3 is 5.73 Å². The summed E-state index contributed by atoms with van der Waals surface area (Å²) in [5, 5.41) is 0. The third-order valence-corrected chi connectivity index (χ3v) is 2.76. The van der Waals surface area contributed by atoms with E-state index in [1.54, 1.807) is 0 Å². The zero-order chi connectivity index (χ0) is 10.4. The molecule has 0 saturated carbocycles. The van der Waals surface area contributed by atoms with Crippen molar-refractivity contribution in [1.29, 1.82) is 0 Å². The lowest BCUT2D eigenvalue weighted by atomic mass is 10.0. The summed E-state index contributed by atoms with van der Waals surface area (Å²) in [7, 11) is 0. The number of hydrogen-bond acceptors (Lipinski definition) is 2. The van der Waals surface area contributed by atoms with Gasteiger partial charge >= 0.3 is 0 Å². The van der Waals surface area contributed by atoms with Gasteiger partial charge in [-0.05, 0) is 40.2 Å². The molecule has 0 saturated heterocycles. The van der Waals surface area contributed by atoms with Gasteiger partial charge in [0.15, 0.2) is 0 Å². The first-order valence-corrected chi connectivity index (χ1v) is 5.55. The molecule has 0 spiro atoms. The third-order valence-electron chi connectivity index (χ3n) is 2.76. The second-order valence-corrected chi connectivity index (χ2v) is 4.14. The van der Waals surface area contributed by atoms with Crippen molar-refractivity contribution in [1.82, 2.24) is 4.90 Å². The third kappa shape index (κ3) is 4.10. The highest BCUT2D eigenvalue weighted by atomic mass is 15.2.